The van der Waals surface area contributed by atoms with Crippen LogP contribution in [0.4, 0.5) is 17.2 Å². The minimum Gasteiger partial charge on any atom is -0.357 e. The molecule has 1 saturated heterocycles. The molecule has 0 atom stereocenters. The van der Waals surface area contributed by atoms with Crippen LogP contribution in [0.15, 0.2) is 77.8 Å². The zero-order valence-corrected chi connectivity index (χ0v) is 18.0. The Morgan fingerprint density at radius 2 is 1.74 bits per heavy atom. The highest BCUT2D eigenvalue weighted by molar-refractivity contribution is 7.92. The Morgan fingerprint density at radius 1 is 1.00 bits per heavy atom. The molecule has 2 heterocycles. The molecule has 0 spiro atoms. The minimum atomic E-state index is -3.80. The molecule has 0 saturated carbocycles. The summed E-state index contributed by atoms with van der Waals surface area (Å²) in [5, 5.41) is 2.79. The first kappa shape index (κ1) is 20.9. The molecular formula is C23H24N4O3S. The molecule has 1 aromatic heterocycles. The molecule has 2 aromatic carbocycles. The third-order valence-corrected chi connectivity index (χ3v) is 7.09. The summed E-state index contributed by atoms with van der Waals surface area (Å²) >= 11 is 0. The molecule has 1 amide bonds. The molecule has 0 unspecified atom stereocenters. The van der Waals surface area contributed by atoms with Crippen molar-refractivity contribution in [2.45, 2.75) is 17.7 Å². The molecule has 31 heavy (non-hydrogen) atoms. The van der Waals surface area contributed by atoms with Gasteiger partial charge >= 0.3 is 0 Å². The van der Waals surface area contributed by atoms with Crippen LogP contribution in [0.5, 0.6) is 0 Å². The van der Waals surface area contributed by atoms with Crippen LogP contribution in [0.3, 0.4) is 0 Å². The number of sulfonamides is 1. The van der Waals surface area contributed by atoms with Gasteiger partial charge < -0.3 is 10.2 Å². The number of amides is 1. The summed E-state index contributed by atoms with van der Waals surface area (Å²) in [6.45, 7) is 1.99. The summed E-state index contributed by atoms with van der Waals surface area (Å²) in [6, 6.07) is 18.5. The van der Waals surface area contributed by atoms with Gasteiger partial charge in [0, 0.05) is 25.7 Å². The van der Waals surface area contributed by atoms with E-state index < -0.39 is 15.9 Å². The van der Waals surface area contributed by atoms with Crippen molar-refractivity contribution in [3.63, 3.8) is 0 Å². The lowest BCUT2D eigenvalue weighted by atomic mass is 10.2. The van der Waals surface area contributed by atoms with E-state index in [0.29, 0.717) is 11.4 Å². The summed E-state index contributed by atoms with van der Waals surface area (Å²) in [6.07, 6.45) is 3.95. The van der Waals surface area contributed by atoms with Gasteiger partial charge in [0.15, 0.2) is 0 Å². The number of pyridine rings is 1. The molecule has 0 aliphatic carbocycles. The first-order valence-electron chi connectivity index (χ1n) is 10.1. The second-order valence-corrected chi connectivity index (χ2v) is 9.36. The Balaban J connectivity index is 1.50. The summed E-state index contributed by atoms with van der Waals surface area (Å²) in [7, 11) is -2.31. The number of nitrogens with one attached hydrogen (secondary N) is 1. The standard InChI is InChI=1S/C23H24N4O3S/c1-26(20-9-3-2-4-10-20)31(29,30)21-11-7-8-18(16-21)23(28)25-19-12-13-22(24-17-19)27-14-5-6-15-27/h2-4,7-13,16-17H,5-6,14-15H2,1H3,(H,25,28). The van der Waals surface area contributed by atoms with Crippen molar-refractivity contribution in [1.29, 1.82) is 0 Å². The third-order valence-electron chi connectivity index (χ3n) is 5.31. The highest BCUT2D eigenvalue weighted by Crippen LogP contribution is 2.23. The van der Waals surface area contributed by atoms with Crippen molar-refractivity contribution >= 4 is 33.1 Å². The second kappa shape index (κ2) is 8.77. The van der Waals surface area contributed by atoms with E-state index in [2.05, 4.69) is 15.2 Å². The molecule has 1 aliphatic heterocycles. The average molecular weight is 437 g/mol. The Morgan fingerprint density at radius 3 is 2.42 bits per heavy atom. The lowest BCUT2D eigenvalue weighted by molar-refractivity contribution is 0.102. The number of benzene rings is 2. The van der Waals surface area contributed by atoms with Crippen LogP contribution >= 0.6 is 0 Å². The van der Waals surface area contributed by atoms with E-state index in [4.69, 9.17) is 0 Å². The number of aromatic nitrogens is 1. The number of anilines is 3. The minimum absolute atomic E-state index is 0.0500. The number of para-hydroxylation sites is 1. The number of carbonyl (C=O) groups is 1. The van der Waals surface area contributed by atoms with E-state index in [1.165, 1.54) is 36.3 Å². The molecular weight excluding hydrogens is 412 g/mol. The van der Waals surface area contributed by atoms with Crippen molar-refractivity contribution in [3.05, 3.63) is 78.5 Å². The molecule has 4 rings (SSSR count). The second-order valence-electron chi connectivity index (χ2n) is 7.39. The van der Waals surface area contributed by atoms with Crippen LogP contribution in [-0.2, 0) is 10.0 Å². The van der Waals surface area contributed by atoms with Crippen molar-refractivity contribution in [1.82, 2.24) is 4.98 Å². The normalized spacial score (nSPS) is 13.8. The van der Waals surface area contributed by atoms with E-state index in [0.717, 1.165) is 18.9 Å². The fourth-order valence-corrected chi connectivity index (χ4v) is 4.77. The van der Waals surface area contributed by atoms with Crippen LogP contribution in [0, 0.1) is 0 Å². The van der Waals surface area contributed by atoms with Gasteiger partial charge in [-0.2, -0.15) is 0 Å². The smallest absolute Gasteiger partial charge is 0.264 e. The molecule has 0 radical (unpaired) electrons. The van der Waals surface area contributed by atoms with Crippen molar-refractivity contribution in [2.24, 2.45) is 0 Å². The SMILES string of the molecule is CN(c1ccccc1)S(=O)(=O)c1cccc(C(=O)Nc2ccc(N3CCCC3)nc2)c1. The van der Waals surface area contributed by atoms with Gasteiger partial charge in [-0.25, -0.2) is 13.4 Å². The quantitative estimate of drug-likeness (QED) is 0.636. The highest BCUT2D eigenvalue weighted by atomic mass is 32.2. The Kier molecular flexibility index (Phi) is 5.90. The maximum absolute atomic E-state index is 13.0. The third kappa shape index (κ3) is 4.54. The lowest BCUT2D eigenvalue weighted by Crippen LogP contribution is -2.26. The molecule has 0 bridgehead atoms. The Hall–Kier alpha value is -3.39. The van der Waals surface area contributed by atoms with Crippen molar-refractivity contribution in [2.75, 3.05) is 34.7 Å². The van der Waals surface area contributed by atoms with Gasteiger partial charge in [-0.3, -0.25) is 9.10 Å². The van der Waals surface area contributed by atoms with Crippen LogP contribution in [0.1, 0.15) is 23.2 Å². The predicted molar refractivity (Wildman–Crippen MR) is 122 cm³/mol. The van der Waals surface area contributed by atoms with E-state index >= 15 is 0 Å². The molecule has 3 aromatic rings. The summed E-state index contributed by atoms with van der Waals surface area (Å²) in [5.74, 6) is 0.502. The van der Waals surface area contributed by atoms with Gasteiger partial charge in [-0.1, -0.05) is 24.3 Å². The van der Waals surface area contributed by atoms with E-state index in [1.807, 2.05) is 18.2 Å². The van der Waals surface area contributed by atoms with E-state index in [-0.39, 0.29) is 10.5 Å². The van der Waals surface area contributed by atoms with Crippen LogP contribution in [-0.4, -0.2) is 39.4 Å². The molecule has 8 heteroatoms. The van der Waals surface area contributed by atoms with Gasteiger partial charge in [-0.15, -0.1) is 0 Å². The molecule has 1 fully saturated rings. The van der Waals surface area contributed by atoms with Gasteiger partial charge in [0.2, 0.25) is 0 Å². The number of nitrogens with zero attached hydrogens (tertiary/aromatic N) is 3. The Labute approximate surface area is 182 Å². The highest BCUT2D eigenvalue weighted by Gasteiger charge is 2.22. The van der Waals surface area contributed by atoms with Crippen molar-refractivity contribution in [3.8, 4) is 0 Å². The number of hydrogen-bond donors (Lipinski definition) is 1. The number of hydrogen-bond acceptors (Lipinski definition) is 5. The molecule has 160 valence electrons. The van der Waals surface area contributed by atoms with Gasteiger partial charge in [0.1, 0.15) is 5.82 Å². The fourth-order valence-electron chi connectivity index (χ4n) is 3.53. The first-order valence-corrected chi connectivity index (χ1v) is 11.6. The Bertz CT molecular complexity index is 1160. The first-order chi connectivity index (χ1) is 14.9. The zero-order valence-electron chi connectivity index (χ0n) is 17.2. The largest absolute Gasteiger partial charge is 0.357 e. The van der Waals surface area contributed by atoms with Gasteiger partial charge in [0.25, 0.3) is 15.9 Å². The predicted octanol–water partition coefficient (Wildman–Crippen LogP) is 3.76. The number of rotatable bonds is 6. The van der Waals surface area contributed by atoms with Gasteiger partial charge in [0.05, 0.1) is 22.5 Å². The zero-order chi connectivity index (χ0) is 21.8. The molecule has 1 N–H and O–H groups in total. The maximum Gasteiger partial charge on any atom is 0.264 e. The van der Waals surface area contributed by atoms with E-state index in [9.17, 15) is 13.2 Å². The maximum atomic E-state index is 13.0. The topological polar surface area (TPSA) is 82.6 Å². The summed E-state index contributed by atoms with van der Waals surface area (Å²) in [4.78, 5) is 19.4. The lowest BCUT2D eigenvalue weighted by Gasteiger charge is -2.19. The fraction of sp³-hybridized carbons (Fsp3) is 0.217. The van der Waals surface area contributed by atoms with E-state index in [1.54, 1.807) is 42.6 Å². The van der Waals surface area contributed by atoms with Crippen LogP contribution in [0.2, 0.25) is 0 Å². The molecule has 1 aliphatic rings. The van der Waals surface area contributed by atoms with Crippen LogP contribution < -0.4 is 14.5 Å². The molecule has 7 nitrogen and oxygen atoms in total. The van der Waals surface area contributed by atoms with Gasteiger partial charge in [-0.05, 0) is 55.3 Å². The number of carbonyl (C=O) groups excluding carboxylic acids is 1. The van der Waals surface area contributed by atoms with Crippen LogP contribution in [0.25, 0.3) is 0 Å². The van der Waals surface area contributed by atoms with Crippen molar-refractivity contribution < 1.29 is 13.2 Å². The summed E-state index contributed by atoms with van der Waals surface area (Å²) in [5.41, 5.74) is 1.36. The average Bonchev–Trinajstić information content (AvgIpc) is 3.35. The monoisotopic (exact) mass is 436 g/mol. The summed E-state index contributed by atoms with van der Waals surface area (Å²) < 4.78 is 27.2.